The van der Waals surface area contributed by atoms with Gasteiger partial charge in [0.05, 0.1) is 12.1 Å². The molecule has 0 unspecified atom stereocenters. The van der Waals surface area contributed by atoms with Crippen molar-refractivity contribution in [2.75, 3.05) is 4.72 Å². The number of thiophene rings is 1. The first-order valence-electron chi connectivity index (χ1n) is 5.77. The van der Waals surface area contributed by atoms with Gasteiger partial charge in [-0.05, 0) is 30.7 Å². The molecule has 2 rings (SSSR count). The predicted molar refractivity (Wildman–Crippen MR) is 77.6 cm³/mol. The molecular formula is C13H13NO4S2. The average Bonchev–Trinajstić information content (AvgIpc) is 2.80. The molecule has 0 saturated carbocycles. The Morgan fingerprint density at radius 1 is 1.25 bits per heavy atom. The van der Waals surface area contributed by atoms with E-state index in [4.69, 9.17) is 5.11 Å². The van der Waals surface area contributed by atoms with Crippen LogP contribution in [-0.2, 0) is 21.2 Å². The number of anilines is 1. The number of aryl methyl sites for hydroxylation is 1. The van der Waals surface area contributed by atoms with Gasteiger partial charge in [0.25, 0.3) is 10.0 Å². The minimum Gasteiger partial charge on any atom is -0.481 e. The van der Waals surface area contributed by atoms with E-state index in [2.05, 4.69) is 4.72 Å². The largest absolute Gasteiger partial charge is 0.481 e. The molecule has 1 aromatic heterocycles. The maximum atomic E-state index is 12.2. The predicted octanol–water partition coefficient (Wildman–Crippen LogP) is 2.48. The summed E-state index contributed by atoms with van der Waals surface area (Å²) in [5.41, 5.74) is 1.33. The van der Waals surface area contributed by atoms with Crippen LogP contribution >= 0.6 is 11.3 Å². The second-order valence-electron chi connectivity index (χ2n) is 4.21. The molecular weight excluding hydrogens is 298 g/mol. The molecule has 0 spiro atoms. The SMILES string of the molecule is Cc1ccccc1NS(=O)(=O)c1ccc(CC(=O)O)s1. The van der Waals surface area contributed by atoms with Crippen LogP contribution in [-0.4, -0.2) is 19.5 Å². The van der Waals surface area contributed by atoms with Crippen molar-refractivity contribution in [1.29, 1.82) is 0 Å². The molecule has 0 bridgehead atoms. The quantitative estimate of drug-likeness (QED) is 0.888. The molecule has 20 heavy (non-hydrogen) atoms. The Morgan fingerprint density at radius 2 is 1.95 bits per heavy atom. The van der Waals surface area contributed by atoms with Crippen LogP contribution in [0.5, 0.6) is 0 Å². The molecule has 106 valence electrons. The summed E-state index contributed by atoms with van der Waals surface area (Å²) < 4.78 is 27.0. The Hall–Kier alpha value is -1.86. The molecule has 0 aliphatic heterocycles. The third-order valence-electron chi connectivity index (χ3n) is 2.62. The van der Waals surface area contributed by atoms with Crippen molar-refractivity contribution in [3.63, 3.8) is 0 Å². The fourth-order valence-electron chi connectivity index (χ4n) is 1.63. The molecule has 7 heteroatoms. The summed E-state index contributed by atoms with van der Waals surface area (Å²) in [5.74, 6) is -0.984. The molecule has 0 amide bonds. The molecule has 1 aromatic carbocycles. The number of carboxylic acids is 1. The molecule has 0 radical (unpaired) electrons. The van der Waals surface area contributed by atoms with Crippen LogP contribution in [0.2, 0.25) is 0 Å². The zero-order chi connectivity index (χ0) is 14.8. The highest BCUT2D eigenvalue weighted by Gasteiger charge is 2.18. The number of rotatable bonds is 5. The highest BCUT2D eigenvalue weighted by molar-refractivity contribution is 7.94. The molecule has 0 fully saturated rings. The van der Waals surface area contributed by atoms with Crippen LogP contribution in [0, 0.1) is 6.92 Å². The number of carboxylic acid groups (broad SMARTS) is 1. The van der Waals surface area contributed by atoms with E-state index in [-0.39, 0.29) is 10.6 Å². The van der Waals surface area contributed by atoms with E-state index in [9.17, 15) is 13.2 Å². The number of hydrogen-bond donors (Lipinski definition) is 2. The zero-order valence-electron chi connectivity index (χ0n) is 10.7. The van der Waals surface area contributed by atoms with Crippen LogP contribution in [0.3, 0.4) is 0 Å². The third kappa shape index (κ3) is 3.37. The highest BCUT2D eigenvalue weighted by Crippen LogP contribution is 2.25. The summed E-state index contributed by atoms with van der Waals surface area (Å²) in [5, 5.41) is 8.69. The average molecular weight is 311 g/mol. The first kappa shape index (κ1) is 14.5. The van der Waals surface area contributed by atoms with E-state index in [0.717, 1.165) is 16.9 Å². The monoisotopic (exact) mass is 311 g/mol. The zero-order valence-corrected chi connectivity index (χ0v) is 12.3. The van der Waals surface area contributed by atoms with Crippen molar-refractivity contribution < 1.29 is 18.3 Å². The first-order chi connectivity index (χ1) is 9.38. The van der Waals surface area contributed by atoms with Gasteiger partial charge in [-0.25, -0.2) is 8.42 Å². The van der Waals surface area contributed by atoms with Gasteiger partial charge in [-0.1, -0.05) is 18.2 Å². The van der Waals surface area contributed by atoms with Crippen molar-refractivity contribution in [1.82, 2.24) is 0 Å². The number of para-hydroxylation sites is 1. The lowest BCUT2D eigenvalue weighted by Gasteiger charge is -2.08. The number of benzene rings is 1. The van der Waals surface area contributed by atoms with E-state index < -0.39 is 16.0 Å². The topological polar surface area (TPSA) is 83.5 Å². The Bertz CT molecular complexity index is 734. The highest BCUT2D eigenvalue weighted by atomic mass is 32.2. The van der Waals surface area contributed by atoms with Gasteiger partial charge < -0.3 is 5.11 Å². The minimum atomic E-state index is -3.68. The maximum Gasteiger partial charge on any atom is 0.308 e. The van der Waals surface area contributed by atoms with E-state index in [0.29, 0.717) is 10.6 Å². The maximum absolute atomic E-state index is 12.2. The normalized spacial score (nSPS) is 11.2. The van der Waals surface area contributed by atoms with Crippen LogP contribution in [0.15, 0.2) is 40.6 Å². The molecule has 2 N–H and O–H groups in total. The number of carbonyl (C=O) groups is 1. The van der Waals surface area contributed by atoms with Gasteiger partial charge in [-0.15, -0.1) is 11.3 Å². The standard InChI is InChI=1S/C13H13NO4S2/c1-9-4-2-3-5-11(9)14-20(17,18)13-7-6-10(19-13)8-12(15)16/h2-7,14H,8H2,1H3,(H,15,16). The van der Waals surface area contributed by atoms with Gasteiger partial charge >= 0.3 is 5.97 Å². The first-order valence-corrected chi connectivity index (χ1v) is 8.07. The Kier molecular flexibility index (Phi) is 4.10. The summed E-state index contributed by atoms with van der Waals surface area (Å²) in [6.07, 6.45) is -0.176. The van der Waals surface area contributed by atoms with Crippen molar-refractivity contribution >= 4 is 33.0 Å². The Morgan fingerprint density at radius 3 is 2.60 bits per heavy atom. The lowest BCUT2D eigenvalue weighted by atomic mass is 10.2. The summed E-state index contributed by atoms with van der Waals surface area (Å²) in [7, 11) is -3.68. The van der Waals surface area contributed by atoms with Gasteiger partial charge in [0.1, 0.15) is 4.21 Å². The fourth-order valence-corrected chi connectivity index (χ4v) is 4.11. The van der Waals surface area contributed by atoms with E-state index in [1.54, 1.807) is 12.1 Å². The van der Waals surface area contributed by atoms with Crippen LogP contribution in [0.4, 0.5) is 5.69 Å². The van der Waals surface area contributed by atoms with E-state index in [1.807, 2.05) is 19.1 Å². The lowest BCUT2D eigenvalue weighted by Crippen LogP contribution is -2.12. The van der Waals surface area contributed by atoms with Gasteiger partial charge in [0, 0.05) is 4.88 Å². The second-order valence-corrected chi connectivity index (χ2v) is 7.29. The Labute approximate surface area is 120 Å². The fraction of sp³-hybridized carbons (Fsp3) is 0.154. The lowest BCUT2D eigenvalue weighted by molar-refractivity contribution is -0.136. The van der Waals surface area contributed by atoms with E-state index >= 15 is 0 Å². The van der Waals surface area contributed by atoms with Gasteiger partial charge in [-0.2, -0.15) is 0 Å². The third-order valence-corrected chi connectivity index (χ3v) is 5.56. The number of hydrogen-bond acceptors (Lipinski definition) is 4. The number of nitrogens with one attached hydrogen (secondary N) is 1. The molecule has 0 aliphatic carbocycles. The molecule has 5 nitrogen and oxygen atoms in total. The minimum absolute atomic E-state index is 0.108. The van der Waals surface area contributed by atoms with Crippen LogP contribution in [0.25, 0.3) is 0 Å². The summed E-state index contributed by atoms with van der Waals surface area (Å²) >= 11 is 0.962. The van der Waals surface area contributed by atoms with E-state index in [1.165, 1.54) is 12.1 Å². The second kappa shape index (κ2) is 5.64. The summed E-state index contributed by atoms with van der Waals surface area (Å²) in [4.78, 5) is 11.1. The smallest absolute Gasteiger partial charge is 0.308 e. The van der Waals surface area contributed by atoms with Crippen molar-refractivity contribution in [3.05, 3.63) is 46.8 Å². The Balaban J connectivity index is 2.25. The van der Waals surface area contributed by atoms with Gasteiger partial charge in [0.15, 0.2) is 0 Å². The summed E-state index contributed by atoms with van der Waals surface area (Å²) in [6.45, 7) is 1.81. The molecule has 1 heterocycles. The van der Waals surface area contributed by atoms with Crippen molar-refractivity contribution in [2.45, 2.75) is 17.6 Å². The summed E-state index contributed by atoms with van der Waals surface area (Å²) in [6, 6.07) is 9.99. The molecule has 0 aliphatic rings. The van der Waals surface area contributed by atoms with Crippen LogP contribution < -0.4 is 4.72 Å². The molecule has 0 atom stereocenters. The van der Waals surface area contributed by atoms with Gasteiger partial charge in [-0.3, -0.25) is 9.52 Å². The van der Waals surface area contributed by atoms with Crippen LogP contribution in [0.1, 0.15) is 10.4 Å². The van der Waals surface area contributed by atoms with Crippen molar-refractivity contribution in [2.24, 2.45) is 0 Å². The van der Waals surface area contributed by atoms with Crippen molar-refractivity contribution in [3.8, 4) is 0 Å². The number of sulfonamides is 1. The van der Waals surface area contributed by atoms with Gasteiger partial charge in [0.2, 0.25) is 0 Å². The number of aliphatic carboxylic acids is 1. The molecule has 2 aromatic rings. The molecule has 0 saturated heterocycles.